The van der Waals surface area contributed by atoms with Crippen molar-refractivity contribution in [3.05, 3.63) is 59.4 Å². The fraction of sp³-hybridized carbons (Fsp3) is 0.133. The molecule has 0 amide bonds. The summed E-state index contributed by atoms with van der Waals surface area (Å²) in [6.07, 6.45) is 1.97. The Balaban J connectivity index is 2.10. The second-order valence-electron chi connectivity index (χ2n) is 4.05. The first kappa shape index (κ1) is 14.4. The summed E-state index contributed by atoms with van der Waals surface area (Å²) in [5.41, 5.74) is -0.123. The minimum Gasteiger partial charge on any atom is -0.489 e. The van der Waals surface area contributed by atoms with Gasteiger partial charge in [-0.15, -0.1) is 11.8 Å². The SMILES string of the molecule is CSc1ccc(OCc2cccc(C(=O)O)c2F)cc1. The molecule has 2 aromatic rings. The summed E-state index contributed by atoms with van der Waals surface area (Å²) in [4.78, 5) is 11.9. The maximum atomic E-state index is 13.9. The van der Waals surface area contributed by atoms with Crippen LogP contribution in [-0.2, 0) is 6.61 Å². The lowest BCUT2D eigenvalue weighted by Crippen LogP contribution is -2.05. The average Bonchev–Trinajstić information content (AvgIpc) is 2.46. The number of carboxylic acids is 1. The van der Waals surface area contributed by atoms with E-state index >= 15 is 0 Å². The topological polar surface area (TPSA) is 46.5 Å². The van der Waals surface area contributed by atoms with Crippen LogP contribution in [0.15, 0.2) is 47.4 Å². The van der Waals surface area contributed by atoms with Crippen LogP contribution in [0.3, 0.4) is 0 Å². The number of carbonyl (C=O) groups is 1. The molecular formula is C15H13FO3S. The minimum atomic E-state index is -1.28. The number of hydrogen-bond donors (Lipinski definition) is 1. The van der Waals surface area contributed by atoms with E-state index in [-0.39, 0.29) is 17.7 Å². The Morgan fingerprint density at radius 3 is 2.55 bits per heavy atom. The summed E-state index contributed by atoms with van der Waals surface area (Å²) in [6, 6.07) is 11.7. The van der Waals surface area contributed by atoms with Crippen molar-refractivity contribution in [2.45, 2.75) is 11.5 Å². The van der Waals surface area contributed by atoms with E-state index in [1.807, 2.05) is 18.4 Å². The monoisotopic (exact) mass is 292 g/mol. The first-order valence-corrected chi connectivity index (χ1v) is 7.12. The Labute approximate surface area is 120 Å². The molecule has 0 unspecified atom stereocenters. The van der Waals surface area contributed by atoms with Gasteiger partial charge in [0.2, 0.25) is 0 Å². The summed E-state index contributed by atoms with van der Waals surface area (Å²) in [7, 11) is 0. The normalized spacial score (nSPS) is 10.3. The molecule has 1 N–H and O–H groups in total. The standard InChI is InChI=1S/C15H13FO3S/c1-20-12-7-5-11(6-8-12)19-9-10-3-2-4-13(14(10)16)15(17)18/h2-8H,9H2,1H3,(H,17,18). The Morgan fingerprint density at radius 1 is 1.25 bits per heavy atom. The van der Waals surface area contributed by atoms with Crippen LogP contribution in [0.25, 0.3) is 0 Å². The van der Waals surface area contributed by atoms with Crippen molar-refractivity contribution in [3.63, 3.8) is 0 Å². The fourth-order valence-corrected chi connectivity index (χ4v) is 2.10. The highest BCUT2D eigenvalue weighted by molar-refractivity contribution is 7.98. The summed E-state index contributed by atoms with van der Waals surface area (Å²) in [5.74, 6) is -1.42. The number of ether oxygens (including phenoxy) is 1. The van der Waals surface area contributed by atoms with Gasteiger partial charge >= 0.3 is 5.97 Å². The molecule has 0 spiro atoms. The number of thioether (sulfide) groups is 1. The van der Waals surface area contributed by atoms with Gasteiger partial charge in [0, 0.05) is 10.5 Å². The van der Waals surface area contributed by atoms with E-state index in [2.05, 4.69) is 0 Å². The smallest absolute Gasteiger partial charge is 0.338 e. The number of aromatic carboxylic acids is 1. The molecule has 0 heterocycles. The predicted octanol–water partition coefficient (Wildman–Crippen LogP) is 3.82. The van der Waals surface area contributed by atoms with Gasteiger partial charge in [-0.05, 0) is 36.6 Å². The second kappa shape index (κ2) is 6.43. The Bertz CT molecular complexity index is 611. The molecule has 0 aliphatic rings. The highest BCUT2D eigenvalue weighted by Gasteiger charge is 2.13. The molecule has 2 rings (SSSR count). The number of hydrogen-bond acceptors (Lipinski definition) is 3. The van der Waals surface area contributed by atoms with Crippen LogP contribution in [0.5, 0.6) is 5.75 Å². The van der Waals surface area contributed by atoms with Crippen molar-refractivity contribution >= 4 is 17.7 Å². The summed E-state index contributed by atoms with van der Waals surface area (Å²) < 4.78 is 19.3. The molecule has 3 nitrogen and oxygen atoms in total. The molecular weight excluding hydrogens is 279 g/mol. The van der Waals surface area contributed by atoms with Gasteiger partial charge < -0.3 is 9.84 Å². The maximum Gasteiger partial charge on any atom is 0.338 e. The summed E-state index contributed by atoms with van der Waals surface area (Å²) in [6.45, 7) is -0.00837. The van der Waals surface area contributed by atoms with E-state index in [0.717, 1.165) is 4.90 Å². The molecule has 0 aliphatic carbocycles. The van der Waals surface area contributed by atoms with Crippen molar-refractivity contribution in [1.82, 2.24) is 0 Å². The highest BCUT2D eigenvalue weighted by Crippen LogP contribution is 2.21. The van der Waals surface area contributed by atoms with Gasteiger partial charge in [0.05, 0.1) is 5.56 Å². The first-order chi connectivity index (χ1) is 9.61. The molecule has 0 saturated carbocycles. The van der Waals surface area contributed by atoms with Crippen LogP contribution in [0, 0.1) is 5.82 Å². The highest BCUT2D eigenvalue weighted by atomic mass is 32.2. The van der Waals surface area contributed by atoms with E-state index in [9.17, 15) is 9.18 Å². The molecule has 0 fully saturated rings. The van der Waals surface area contributed by atoms with E-state index < -0.39 is 11.8 Å². The van der Waals surface area contributed by atoms with Gasteiger partial charge in [-0.3, -0.25) is 0 Å². The van der Waals surface area contributed by atoms with Crippen molar-refractivity contribution in [3.8, 4) is 5.75 Å². The Hall–Kier alpha value is -2.01. The van der Waals surface area contributed by atoms with Gasteiger partial charge in [-0.25, -0.2) is 9.18 Å². The third kappa shape index (κ3) is 3.30. The van der Waals surface area contributed by atoms with Gasteiger partial charge in [0.25, 0.3) is 0 Å². The molecule has 2 aromatic carbocycles. The van der Waals surface area contributed by atoms with Crippen LogP contribution < -0.4 is 4.74 Å². The molecule has 0 atom stereocenters. The number of benzene rings is 2. The van der Waals surface area contributed by atoms with Gasteiger partial charge in [-0.2, -0.15) is 0 Å². The molecule has 0 radical (unpaired) electrons. The lowest BCUT2D eigenvalue weighted by molar-refractivity contribution is 0.0691. The third-order valence-electron chi connectivity index (χ3n) is 2.76. The summed E-state index contributed by atoms with van der Waals surface area (Å²) >= 11 is 1.62. The molecule has 5 heteroatoms. The molecule has 104 valence electrons. The number of rotatable bonds is 5. The molecule has 20 heavy (non-hydrogen) atoms. The van der Waals surface area contributed by atoms with Crippen LogP contribution >= 0.6 is 11.8 Å². The van der Waals surface area contributed by atoms with E-state index in [0.29, 0.717) is 5.75 Å². The predicted molar refractivity (Wildman–Crippen MR) is 75.9 cm³/mol. The zero-order chi connectivity index (χ0) is 14.5. The third-order valence-corrected chi connectivity index (χ3v) is 3.51. The fourth-order valence-electron chi connectivity index (χ4n) is 1.69. The Morgan fingerprint density at radius 2 is 1.95 bits per heavy atom. The quantitative estimate of drug-likeness (QED) is 0.851. The molecule has 0 bridgehead atoms. The minimum absolute atomic E-state index is 0.00837. The zero-order valence-electron chi connectivity index (χ0n) is 10.8. The van der Waals surface area contributed by atoms with Crippen LogP contribution in [-0.4, -0.2) is 17.3 Å². The van der Waals surface area contributed by atoms with Crippen molar-refractivity contribution in [1.29, 1.82) is 0 Å². The van der Waals surface area contributed by atoms with Crippen molar-refractivity contribution < 1.29 is 19.0 Å². The van der Waals surface area contributed by atoms with Crippen LogP contribution in [0.1, 0.15) is 15.9 Å². The maximum absolute atomic E-state index is 13.9. The largest absolute Gasteiger partial charge is 0.489 e. The Kier molecular flexibility index (Phi) is 4.63. The lowest BCUT2D eigenvalue weighted by atomic mass is 10.1. The zero-order valence-corrected chi connectivity index (χ0v) is 11.6. The van der Waals surface area contributed by atoms with Crippen LogP contribution in [0.2, 0.25) is 0 Å². The van der Waals surface area contributed by atoms with Crippen molar-refractivity contribution in [2.24, 2.45) is 0 Å². The molecule has 0 saturated heterocycles. The molecule has 0 aromatic heterocycles. The van der Waals surface area contributed by atoms with E-state index in [1.54, 1.807) is 23.9 Å². The lowest BCUT2D eigenvalue weighted by Gasteiger charge is -2.09. The van der Waals surface area contributed by atoms with E-state index in [1.165, 1.54) is 18.2 Å². The molecule has 0 aliphatic heterocycles. The number of carboxylic acid groups (broad SMARTS) is 1. The second-order valence-corrected chi connectivity index (χ2v) is 4.93. The first-order valence-electron chi connectivity index (χ1n) is 5.89. The van der Waals surface area contributed by atoms with Crippen LogP contribution in [0.4, 0.5) is 4.39 Å². The summed E-state index contributed by atoms with van der Waals surface area (Å²) in [5, 5.41) is 8.85. The van der Waals surface area contributed by atoms with Crippen molar-refractivity contribution in [2.75, 3.05) is 6.26 Å². The van der Waals surface area contributed by atoms with E-state index in [4.69, 9.17) is 9.84 Å². The van der Waals surface area contributed by atoms with Gasteiger partial charge in [0.1, 0.15) is 18.2 Å². The van der Waals surface area contributed by atoms with Gasteiger partial charge in [0.15, 0.2) is 0 Å². The number of halogens is 1. The average molecular weight is 292 g/mol. The van der Waals surface area contributed by atoms with Gasteiger partial charge in [-0.1, -0.05) is 12.1 Å².